The highest BCUT2D eigenvalue weighted by Gasteiger charge is 2.16. The second-order valence-electron chi connectivity index (χ2n) is 5.31. The van der Waals surface area contributed by atoms with Gasteiger partial charge >= 0.3 is 0 Å². The van der Waals surface area contributed by atoms with Crippen LogP contribution in [-0.4, -0.2) is 26.2 Å². The van der Waals surface area contributed by atoms with Gasteiger partial charge in [-0.3, -0.25) is 4.79 Å². The highest BCUT2D eigenvalue weighted by Crippen LogP contribution is 2.26. The smallest absolute Gasteiger partial charge is 0.287 e. The highest BCUT2D eigenvalue weighted by molar-refractivity contribution is 5.98. The SMILES string of the molecule is COc1ccccc1OCCNC(=O)c1oc2ccccc2c1C. The molecule has 1 heterocycles. The van der Waals surface area contributed by atoms with Crippen molar-refractivity contribution in [2.45, 2.75) is 6.92 Å². The van der Waals surface area contributed by atoms with Gasteiger partial charge in [0.25, 0.3) is 5.91 Å². The molecule has 1 N–H and O–H groups in total. The van der Waals surface area contributed by atoms with Gasteiger partial charge in [0.15, 0.2) is 17.3 Å². The van der Waals surface area contributed by atoms with Crippen LogP contribution in [0, 0.1) is 6.92 Å². The molecule has 5 heteroatoms. The summed E-state index contributed by atoms with van der Waals surface area (Å²) in [6.07, 6.45) is 0. The molecule has 24 heavy (non-hydrogen) atoms. The molecule has 0 bridgehead atoms. The number of nitrogens with one attached hydrogen (secondary N) is 1. The van der Waals surface area contributed by atoms with Crippen molar-refractivity contribution in [2.75, 3.05) is 20.3 Å². The molecule has 5 nitrogen and oxygen atoms in total. The van der Waals surface area contributed by atoms with Gasteiger partial charge in [-0.1, -0.05) is 30.3 Å². The van der Waals surface area contributed by atoms with E-state index in [1.54, 1.807) is 7.11 Å². The van der Waals surface area contributed by atoms with Crippen molar-refractivity contribution < 1.29 is 18.7 Å². The van der Waals surface area contributed by atoms with Crippen LogP contribution < -0.4 is 14.8 Å². The van der Waals surface area contributed by atoms with E-state index in [1.165, 1.54) is 0 Å². The first-order chi connectivity index (χ1) is 11.7. The Balaban J connectivity index is 1.58. The molecule has 3 aromatic rings. The van der Waals surface area contributed by atoms with Gasteiger partial charge in [0.05, 0.1) is 13.7 Å². The number of hydrogen-bond donors (Lipinski definition) is 1. The number of ether oxygens (including phenoxy) is 2. The molecule has 1 amide bonds. The average Bonchev–Trinajstić information content (AvgIpc) is 2.96. The number of fused-ring (bicyclic) bond motifs is 1. The number of benzene rings is 2. The van der Waals surface area contributed by atoms with Crippen LogP contribution in [0.1, 0.15) is 16.1 Å². The Hall–Kier alpha value is -2.95. The zero-order valence-electron chi connectivity index (χ0n) is 13.7. The molecule has 0 radical (unpaired) electrons. The lowest BCUT2D eigenvalue weighted by molar-refractivity contribution is 0.0920. The minimum atomic E-state index is -0.243. The number of furan rings is 1. The normalized spacial score (nSPS) is 10.6. The van der Waals surface area contributed by atoms with Gasteiger partial charge < -0.3 is 19.2 Å². The van der Waals surface area contributed by atoms with E-state index in [4.69, 9.17) is 13.9 Å². The third kappa shape index (κ3) is 3.20. The highest BCUT2D eigenvalue weighted by atomic mass is 16.5. The third-order valence-corrected chi connectivity index (χ3v) is 3.76. The Morgan fingerprint density at radius 1 is 1.08 bits per heavy atom. The number of para-hydroxylation sites is 3. The van der Waals surface area contributed by atoms with Crippen molar-refractivity contribution in [3.8, 4) is 11.5 Å². The summed E-state index contributed by atoms with van der Waals surface area (Å²) in [7, 11) is 1.59. The number of carbonyl (C=O) groups is 1. The topological polar surface area (TPSA) is 60.7 Å². The van der Waals surface area contributed by atoms with Crippen LogP contribution >= 0.6 is 0 Å². The van der Waals surface area contributed by atoms with E-state index >= 15 is 0 Å². The zero-order chi connectivity index (χ0) is 16.9. The van der Waals surface area contributed by atoms with E-state index in [9.17, 15) is 4.79 Å². The summed E-state index contributed by atoms with van der Waals surface area (Å²) in [6.45, 7) is 2.59. The number of amides is 1. The first-order valence-electron chi connectivity index (χ1n) is 7.73. The Morgan fingerprint density at radius 2 is 1.79 bits per heavy atom. The molecule has 3 rings (SSSR count). The molecular weight excluding hydrogens is 306 g/mol. The van der Waals surface area contributed by atoms with Crippen LogP contribution in [0.5, 0.6) is 11.5 Å². The summed E-state index contributed by atoms with van der Waals surface area (Å²) in [6, 6.07) is 15.0. The van der Waals surface area contributed by atoms with E-state index in [0.717, 1.165) is 10.9 Å². The Morgan fingerprint density at radius 3 is 2.54 bits per heavy atom. The summed E-state index contributed by atoms with van der Waals surface area (Å²) in [5.74, 6) is 1.41. The maximum Gasteiger partial charge on any atom is 0.287 e. The molecule has 0 fully saturated rings. The van der Waals surface area contributed by atoms with E-state index in [0.29, 0.717) is 36.0 Å². The van der Waals surface area contributed by atoms with Crippen LogP contribution in [0.15, 0.2) is 52.9 Å². The largest absolute Gasteiger partial charge is 0.493 e. The second-order valence-corrected chi connectivity index (χ2v) is 5.31. The second kappa shape index (κ2) is 7.08. The van der Waals surface area contributed by atoms with Crippen LogP contribution in [0.2, 0.25) is 0 Å². The summed E-state index contributed by atoms with van der Waals surface area (Å²) in [5, 5.41) is 3.76. The summed E-state index contributed by atoms with van der Waals surface area (Å²) >= 11 is 0. The van der Waals surface area contributed by atoms with Gasteiger partial charge in [0.2, 0.25) is 0 Å². The predicted octanol–water partition coefficient (Wildman–Crippen LogP) is 3.56. The van der Waals surface area contributed by atoms with Crippen LogP contribution in [-0.2, 0) is 0 Å². The van der Waals surface area contributed by atoms with Gasteiger partial charge in [-0.2, -0.15) is 0 Å². The van der Waals surface area contributed by atoms with Crippen molar-refractivity contribution in [1.82, 2.24) is 5.32 Å². The molecule has 0 aliphatic carbocycles. The molecule has 0 aliphatic rings. The number of methoxy groups -OCH3 is 1. The lowest BCUT2D eigenvalue weighted by atomic mass is 10.1. The van der Waals surface area contributed by atoms with E-state index in [2.05, 4.69) is 5.32 Å². The maximum absolute atomic E-state index is 12.3. The van der Waals surface area contributed by atoms with Gasteiger partial charge in [0, 0.05) is 10.9 Å². The lowest BCUT2D eigenvalue weighted by Gasteiger charge is -2.10. The minimum Gasteiger partial charge on any atom is -0.493 e. The quantitative estimate of drug-likeness (QED) is 0.704. The number of carbonyl (C=O) groups excluding carboxylic acids is 1. The van der Waals surface area contributed by atoms with Crippen LogP contribution in [0.25, 0.3) is 11.0 Å². The van der Waals surface area contributed by atoms with Crippen LogP contribution in [0.4, 0.5) is 0 Å². The molecule has 2 aromatic carbocycles. The molecule has 124 valence electrons. The van der Waals surface area contributed by atoms with Crippen molar-refractivity contribution in [1.29, 1.82) is 0 Å². The van der Waals surface area contributed by atoms with Gasteiger partial charge in [-0.15, -0.1) is 0 Å². The zero-order valence-corrected chi connectivity index (χ0v) is 13.7. The van der Waals surface area contributed by atoms with E-state index in [-0.39, 0.29) is 5.91 Å². The van der Waals surface area contributed by atoms with Crippen LogP contribution in [0.3, 0.4) is 0 Å². The number of rotatable bonds is 6. The fraction of sp³-hybridized carbons (Fsp3) is 0.211. The summed E-state index contributed by atoms with van der Waals surface area (Å²) < 4.78 is 16.5. The van der Waals surface area contributed by atoms with Gasteiger partial charge in [-0.25, -0.2) is 0 Å². The third-order valence-electron chi connectivity index (χ3n) is 3.76. The Bertz CT molecular complexity index is 853. The molecule has 0 unspecified atom stereocenters. The number of hydrogen-bond acceptors (Lipinski definition) is 4. The first kappa shape index (κ1) is 15.9. The average molecular weight is 325 g/mol. The Kier molecular flexibility index (Phi) is 4.70. The fourth-order valence-electron chi connectivity index (χ4n) is 2.53. The lowest BCUT2D eigenvalue weighted by Crippen LogP contribution is -2.28. The molecular formula is C19H19NO4. The van der Waals surface area contributed by atoms with Gasteiger partial charge in [-0.05, 0) is 25.1 Å². The summed E-state index contributed by atoms with van der Waals surface area (Å²) in [4.78, 5) is 12.3. The Labute approximate surface area is 140 Å². The van der Waals surface area contributed by atoms with Gasteiger partial charge in [0.1, 0.15) is 12.2 Å². The molecule has 0 saturated carbocycles. The van der Waals surface area contributed by atoms with Crippen molar-refractivity contribution >= 4 is 16.9 Å². The van der Waals surface area contributed by atoms with E-state index < -0.39 is 0 Å². The molecule has 1 aromatic heterocycles. The maximum atomic E-state index is 12.3. The molecule has 0 spiro atoms. The molecule has 0 saturated heterocycles. The minimum absolute atomic E-state index is 0.243. The number of aryl methyl sites for hydroxylation is 1. The predicted molar refractivity (Wildman–Crippen MR) is 91.8 cm³/mol. The van der Waals surface area contributed by atoms with Crippen molar-refractivity contribution in [2.24, 2.45) is 0 Å². The standard InChI is InChI=1S/C19H19NO4/c1-13-14-7-3-4-8-15(14)24-18(13)19(21)20-11-12-23-17-10-6-5-9-16(17)22-2/h3-10H,11-12H2,1-2H3,(H,20,21). The van der Waals surface area contributed by atoms with E-state index in [1.807, 2.05) is 55.5 Å². The van der Waals surface area contributed by atoms with Crippen molar-refractivity contribution in [3.63, 3.8) is 0 Å². The summed E-state index contributed by atoms with van der Waals surface area (Å²) in [5.41, 5.74) is 1.55. The van der Waals surface area contributed by atoms with Crippen molar-refractivity contribution in [3.05, 3.63) is 59.9 Å². The molecule has 0 aliphatic heterocycles. The molecule has 0 atom stereocenters. The monoisotopic (exact) mass is 325 g/mol. The fourth-order valence-corrected chi connectivity index (χ4v) is 2.53. The first-order valence-corrected chi connectivity index (χ1v) is 7.73.